The molecule has 0 radical (unpaired) electrons. The second-order valence-corrected chi connectivity index (χ2v) is 6.17. The van der Waals surface area contributed by atoms with E-state index in [1.54, 1.807) is 0 Å². The van der Waals surface area contributed by atoms with Crippen LogP contribution < -0.4 is 5.32 Å². The molecule has 0 saturated carbocycles. The average molecular weight is 250 g/mol. The van der Waals surface area contributed by atoms with Crippen LogP contribution in [0.2, 0.25) is 0 Å². The molecule has 0 aromatic carbocycles. The number of terminal acetylenes is 1. The second-order valence-electron chi connectivity index (χ2n) is 6.17. The van der Waals surface area contributed by atoms with Crippen molar-refractivity contribution >= 4 is 0 Å². The summed E-state index contributed by atoms with van der Waals surface area (Å²) in [7, 11) is 0. The molecule has 0 bridgehead atoms. The minimum atomic E-state index is 0.496. The molecule has 0 amide bonds. The average Bonchev–Trinajstić information content (AvgIpc) is 2.37. The van der Waals surface area contributed by atoms with Gasteiger partial charge in [-0.1, -0.05) is 34.1 Å². The molecule has 1 rings (SSSR count). The molecule has 0 aromatic heterocycles. The van der Waals surface area contributed by atoms with Crippen LogP contribution in [0.4, 0.5) is 0 Å². The van der Waals surface area contributed by atoms with Crippen LogP contribution in [-0.4, -0.2) is 36.1 Å². The van der Waals surface area contributed by atoms with Crippen molar-refractivity contribution in [3.05, 3.63) is 0 Å². The van der Waals surface area contributed by atoms with Crippen molar-refractivity contribution in [2.75, 3.05) is 13.1 Å². The predicted molar refractivity (Wildman–Crippen MR) is 79.5 cm³/mol. The van der Waals surface area contributed by atoms with Crippen LogP contribution in [0.1, 0.15) is 47.5 Å². The molecule has 1 heterocycles. The van der Waals surface area contributed by atoms with Crippen molar-refractivity contribution in [3.63, 3.8) is 0 Å². The lowest BCUT2D eigenvalue weighted by Crippen LogP contribution is -2.62. The van der Waals surface area contributed by atoms with Crippen LogP contribution in [-0.2, 0) is 0 Å². The van der Waals surface area contributed by atoms with E-state index in [1.807, 2.05) is 0 Å². The van der Waals surface area contributed by atoms with Crippen molar-refractivity contribution in [3.8, 4) is 12.3 Å². The van der Waals surface area contributed by atoms with Gasteiger partial charge in [0.15, 0.2) is 0 Å². The lowest BCUT2D eigenvalue weighted by Gasteiger charge is -2.46. The molecule has 0 aromatic rings. The van der Waals surface area contributed by atoms with Gasteiger partial charge in [0.2, 0.25) is 0 Å². The molecule has 1 saturated heterocycles. The summed E-state index contributed by atoms with van der Waals surface area (Å²) in [5, 5.41) is 3.73. The maximum absolute atomic E-state index is 5.49. The molecule has 0 aliphatic carbocycles. The van der Waals surface area contributed by atoms with Crippen molar-refractivity contribution in [1.29, 1.82) is 0 Å². The lowest BCUT2D eigenvalue weighted by atomic mass is 9.90. The summed E-state index contributed by atoms with van der Waals surface area (Å²) in [5.74, 6) is 4.23. The number of piperazine rings is 1. The van der Waals surface area contributed by atoms with Gasteiger partial charge >= 0.3 is 0 Å². The Morgan fingerprint density at radius 3 is 2.50 bits per heavy atom. The molecule has 2 heteroatoms. The number of rotatable bonds is 5. The van der Waals surface area contributed by atoms with Gasteiger partial charge in [-0.25, -0.2) is 0 Å². The third-order valence-electron chi connectivity index (χ3n) is 4.50. The number of nitrogens with zero attached hydrogens (tertiary/aromatic N) is 1. The third kappa shape index (κ3) is 3.73. The van der Waals surface area contributed by atoms with Crippen LogP contribution in [0.3, 0.4) is 0 Å². The van der Waals surface area contributed by atoms with Gasteiger partial charge in [0.25, 0.3) is 0 Å². The number of hydrogen-bond donors (Lipinski definition) is 1. The Kier molecular flexibility index (Phi) is 6.18. The van der Waals surface area contributed by atoms with Crippen LogP contribution in [0.15, 0.2) is 0 Å². The fraction of sp³-hybridized carbons (Fsp3) is 0.875. The van der Waals surface area contributed by atoms with Gasteiger partial charge in [-0.2, -0.15) is 0 Å². The molecule has 4 unspecified atom stereocenters. The van der Waals surface area contributed by atoms with E-state index in [0.717, 1.165) is 25.4 Å². The fourth-order valence-corrected chi connectivity index (χ4v) is 2.90. The Labute approximate surface area is 114 Å². The Hall–Kier alpha value is -0.520. The molecule has 2 nitrogen and oxygen atoms in total. The molecular weight excluding hydrogens is 220 g/mol. The lowest BCUT2D eigenvalue weighted by molar-refractivity contribution is 0.0510. The first-order valence-electron chi connectivity index (χ1n) is 7.43. The van der Waals surface area contributed by atoms with E-state index in [1.165, 1.54) is 6.42 Å². The first-order chi connectivity index (χ1) is 8.51. The Balaban J connectivity index is 2.73. The number of hydrogen-bond acceptors (Lipinski definition) is 2. The van der Waals surface area contributed by atoms with Gasteiger partial charge in [-0.15, -0.1) is 12.3 Å². The molecule has 18 heavy (non-hydrogen) atoms. The van der Waals surface area contributed by atoms with Crippen LogP contribution >= 0.6 is 0 Å². The summed E-state index contributed by atoms with van der Waals surface area (Å²) in [4.78, 5) is 2.64. The maximum atomic E-state index is 5.49. The van der Waals surface area contributed by atoms with Gasteiger partial charge in [0.1, 0.15) is 0 Å². The zero-order chi connectivity index (χ0) is 13.7. The van der Waals surface area contributed by atoms with E-state index in [-0.39, 0.29) is 0 Å². The minimum absolute atomic E-state index is 0.496. The van der Waals surface area contributed by atoms with Gasteiger partial charge in [-0.05, 0) is 18.8 Å². The van der Waals surface area contributed by atoms with Crippen molar-refractivity contribution in [2.45, 2.75) is 65.6 Å². The first-order valence-corrected chi connectivity index (χ1v) is 7.43. The predicted octanol–water partition coefficient (Wildman–Crippen LogP) is 2.74. The third-order valence-corrected chi connectivity index (χ3v) is 4.50. The molecule has 1 fully saturated rings. The monoisotopic (exact) mass is 250 g/mol. The molecule has 1 aliphatic heterocycles. The van der Waals surface area contributed by atoms with E-state index < -0.39 is 0 Å². The Morgan fingerprint density at radius 2 is 2.00 bits per heavy atom. The minimum Gasteiger partial charge on any atom is -0.311 e. The van der Waals surface area contributed by atoms with Crippen LogP contribution in [0, 0.1) is 24.2 Å². The van der Waals surface area contributed by atoms with E-state index in [2.05, 4.69) is 50.8 Å². The largest absolute Gasteiger partial charge is 0.311 e. The Morgan fingerprint density at radius 1 is 1.33 bits per heavy atom. The highest BCUT2D eigenvalue weighted by Crippen LogP contribution is 2.22. The van der Waals surface area contributed by atoms with Gasteiger partial charge < -0.3 is 5.32 Å². The second kappa shape index (κ2) is 7.16. The topological polar surface area (TPSA) is 15.3 Å². The zero-order valence-electron chi connectivity index (χ0n) is 12.7. The fourth-order valence-electron chi connectivity index (χ4n) is 2.90. The van der Waals surface area contributed by atoms with Gasteiger partial charge in [-0.3, -0.25) is 4.90 Å². The summed E-state index contributed by atoms with van der Waals surface area (Å²) >= 11 is 0. The normalized spacial score (nSPS) is 28.9. The quantitative estimate of drug-likeness (QED) is 0.755. The summed E-state index contributed by atoms with van der Waals surface area (Å²) in [6.07, 6.45) is 7.58. The van der Waals surface area contributed by atoms with Gasteiger partial charge in [0, 0.05) is 37.6 Å². The molecule has 104 valence electrons. The van der Waals surface area contributed by atoms with Crippen molar-refractivity contribution < 1.29 is 0 Å². The van der Waals surface area contributed by atoms with Crippen molar-refractivity contribution in [1.82, 2.24) is 10.2 Å². The molecule has 1 aliphatic rings. The van der Waals surface area contributed by atoms with Gasteiger partial charge in [0.05, 0.1) is 0 Å². The smallest absolute Gasteiger partial charge is 0.0247 e. The molecular formula is C16H30N2. The summed E-state index contributed by atoms with van der Waals surface area (Å²) in [5.41, 5.74) is 0. The van der Waals surface area contributed by atoms with E-state index in [0.29, 0.717) is 24.0 Å². The standard InChI is InChI=1S/C16H30N2/c1-7-9-14(6)18-11-15(13(5)8-2)17-10-16(18)12(3)4/h1,12-17H,8-11H2,2-6H3. The highest BCUT2D eigenvalue weighted by Gasteiger charge is 2.33. The van der Waals surface area contributed by atoms with Crippen LogP contribution in [0.25, 0.3) is 0 Å². The van der Waals surface area contributed by atoms with E-state index in [9.17, 15) is 0 Å². The first kappa shape index (κ1) is 15.5. The zero-order valence-corrected chi connectivity index (χ0v) is 12.7. The molecule has 4 atom stereocenters. The summed E-state index contributed by atoms with van der Waals surface area (Å²) in [6.45, 7) is 13.8. The van der Waals surface area contributed by atoms with Crippen molar-refractivity contribution in [2.24, 2.45) is 11.8 Å². The molecule has 0 spiro atoms. The maximum Gasteiger partial charge on any atom is 0.0247 e. The van der Waals surface area contributed by atoms with E-state index in [4.69, 9.17) is 6.42 Å². The number of nitrogens with one attached hydrogen (secondary N) is 1. The Bertz CT molecular complexity index is 279. The molecule has 1 N–H and O–H groups in total. The summed E-state index contributed by atoms with van der Waals surface area (Å²) in [6, 6.07) is 1.73. The van der Waals surface area contributed by atoms with Crippen LogP contribution in [0.5, 0.6) is 0 Å². The SMILES string of the molecule is C#CCC(C)N1CC(C(C)CC)NCC1C(C)C. The van der Waals surface area contributed by atoms with E-state index >= 15 is 0 Å². The highest BCUT2D eigenvalue weighted by atomic mass is 15.3. The summed E-state index contributed by atoms with van der Waals surface area (Å²) < 4.78 is 0. The highest BCUT2D eigenvalue weighted by molar-refractivity contribution is 4.96.